The third-order valence-corrected chi connectivity index (χ3v) is 1.73. The second-order valence-corrected chi connectivity index (χ2v) is 2.76. The molecule has 1 rings (SSSR count). The molecule has 1 unspecified atom stereocenters. The van der Waals surface area contributed by atoms with Crippen LogP contribution in [-0.4, -0.2) is 21.3 Å². The van der Waals surface area contributed by atoms with Crippen molar-refractivity contribution in [1.29, 1.82) is 0 Å². The molecule has 0 amide bonds. The van der Waals surface area contributed by atoms with Crippen molar-refractivity contribution in [2.24, 2.45) is 0 Å². The first-order chi connectivity index (χ1) is 6.16. The van der Waals surface area contributed by atoms with Gasteiger partial charge in [0.25, 0.3) is 6.43 Å². The fourth-order valence-electron chi connectivity index (χ4n) is 1.12. The van der Waals surface area contributed by atoms with E-state index in [1.54, 1.807) is 0 Å². The van der Waals surface area contributed by atoms with Gasteiger partial charge in [-0.3, -0.25) is 4.68 Å². The number of aromatic nitrogens is 2. The molecular formula is C8H12F2N2O. The molecule has 0 aliphatic heterocycles. The van der Waals surface area contributed by atoms with Crippen LogP contribution in [0.5, 0.6) is 0 Å². The molecule has 13 heavy (non-hydrogen) atoms. The number of hydrogen-bond donors (Lipinski definition) is 1. The molecule has 1 heterocycles. The van der Waals surface area contributed by atoms with Gasteiger partial charge in [0.05, 0.1) is 5.69 Å². The normalized spacial score (nSPS) is 13.6. The third-order valence-electron chi connectivity index (χ3n) is 1.73. The van der Waals surface area contributed by atoms with Gasteiger partial charge in [-0.05, 0) is 12.5 Å². The molecule has 1 atom stereocenters. The van der Waals surface area contributed by atoms with Crippen LogP contribution < -0.4 is 0 Å². The van der Waals surface area contributed by atoms with Crippen LogP contribution >= 0.6 is 0 Å². The lowest BCUT2D eigenvalue weighted by Gasteiger charge is -2.11. The Balaban J connectivity index is 2.80. The van der Waals surface area contributed by atoms with E-state index in [4.69, 9.17) is 5.11 Å². The molecule has 0 aromatic carbocycles. The average molecular weight is 190 g/mol. The summed E-state index contributed by atoms with van der Waals surface area (Å²) in [5.74, 6) is 0. The molecule has 1 N–H and O–H groups in total. The summed E-state index contributed by atoms with van der Waals surface area (Å²) in [6, 6.07) is 1.41. The molecule has 5 heteroatoms. The van der Waals surface area contributed by atoms with Crippen LogP contribution in [0.1, 0.15) is 25.1 Å². The molecule has 0 aliphatic carbocycles. The third kappa shape index (κ3) is 2.24. The van der Waals surface area contributed by atoms with Crippen molar-refractivity contribution >= 4 is 0 Å². The zero-order valence-corrected chi connectivity index (χ0v) is 7.32. The van der Waals surface area contributed by atoms with Gasteiger partial charge in [0.15, 0.2) is 6.10 Å². The van der Waals surface area contributed by atoms with Crippen LogP contribution in [0.3, 0.4) is 0 Å². The van der Waals surface area contributed by atoms with Gasteiger partial charge in [-0.25, -0.2) is 8.78 Å². The molecule has 0 aliphatic rings. The van der Waals surface area contributed by atoms with Crippen LogP contribution in [0.15, 0.2) is 12.3 Å². The number of aliphatic hydroxyl groups is 1. The zero-order valence-electron chi connectivity index (χ0n) is 7.32. The first-order valence-electron chi connectivity index (χ1n) is 4.14. The summed E-state index contributed by atoms with van der Waals surface area (Å²) in [4.78, 5) is 0. The van der Waals surface area contributed by atoms with E-state index >= 15 is 0 Å². The van der Waals surface area contributed by atoms with Gasteiger partial charge < -0.3 is 5.11 Å². The Morgan fingerprint density at radius 2 is 2.31 bits per heavy atom. The van der Waals surface area contributed by atoms with Gasteiger partial charge in [0, 0.05) is 12.7 Å². The largest absolute Gasteiger partial charge is 0.381 e. The van der Waals surface area contributed by atoms with Crippen molar-refractivity contribution in [3.63, 3.8) is 0 Å². The van der Waals surface area contributed by atoms with Crippen molar-refractivity contribution in [2.75, 3.05) is 0 Å². The Hall–Kier alpha value is -0.970. The SMILES string of the molecule is CCCn1nccc1C(O)C(F)F. The monoisotopic (exact) mass is 190 g/mol. The first kappa shape index (κ1) is 10.1. The average Bonchev–Trinajstić information content (AvgIpc) is 2.52. The minimum atomic E-state index is -2.76. The fourth-order valence-corrected chi connectivity index (χ4v) is 1.12. The maximum Gasteiger partial charge on any atom is 0.269 e. The first-order valence-corrected chi connectivity index (χ1v) is 4.14. The smallest absolute Gasteiger partial charge is 0.269 e. The highest BCUT2D eigenvalue weighted by atomic mass is 19.3. The number of aliphatic hydroxyl groups excluding tert-OH is 1. The van der Waals surface area contributed by atoms with Crippen LogP contribution in [0.25, 0.3) is 0 Å². The molecule has 0 spiro atoms. The van der Waals surface area contributed by atoms with E-state index in [1.165, 1.54) is 16.9 Å². The van der Waals surface area contributed by atoms with E-state index in [2.05, 4.69) is 5.10 Å². The molecule has 0 saturated carbocycles. The molecule has 3 nitrogen and oxygen atoms in total. The number of alkyl halides is 2. The summed E-state index contributed by atoms with van der Waals surface area (Å²) in [7, 11) is 0. The van der Waals surface area contributed by atoms with Gasteiger partial charge in [-0.2, -0.15) is 5.10 Å². The summed E-state index contributed by atoms with van der Waals surface area (Å²) in [5, 5.41) is 12.9. The van der Waals surface area contributed by atoms with Crippen molar-refractivity contribution < 1.29 is 13.9 Å². The molecule has 0 saturated heterocycles. The molecule has 0 fully saturated rings. The van der Waals surface area contributed by atoms with E-state index < -0.39 is 12.5 Å². The Bertz CT molecular complexity index is 262. The molecule has 74 valence electrons. The second-order valence-electron chi connectivity index (χ2n) is 2.76. The molecule has 1 aromatic heterocycles. The second kappa shape index (κ2) is 4.32. The van der Waals surface area contributed by atoms with E-state index in [9.17, 15) is 8.78 Å². The van der Waals surface area contributed by atoms with Crippen LogP contribution in [0, 0.1) is 0 Å². The number of rotatable bonds is 4. The predicted molar refractivity (Wildman–Crippen MR) is 43.5 cm³/mol. The maximum absolute atomic E-state index is 12.1. The van der Waals surface area contributed by atoms with Crippen molar-refractivity contribution in [1.82, 2.24) is 9.78 Å². The number of aryl methyl sites for hydroxylation is 1. The lowest BCUT2D eigenvalue weighted by Crippen LogP contribution is -2.14. The standard InChI is InChI=1S/C8H12F2N2O/c1-2-5-12-6(3-4-11-12)7(13)8(9)10/h3-4,7-8,13H,2,5H2,1H3. The van der Waals surface area contributed by atoms with Crippen molar-refractivity contribution in [3.05, 3.63) is 18.0 Å². The Morgan fingerprint density at radius 1 is 1.62 bits per heavy atom. The molecular weight excluding hydrogens is 178 g/mol. The van der Waals surface area contributed by atoms with Gasteiger partial charge in [-0.1, -0.05) is 6.92 Å². The van der Waals surface area contributed by atoms with Gasteiger partial charge in [-0.15, -0.1) is 0 Å². The summed E-state index contributed by atoms with van der Waals surface area (Å²) >= 11 is 0. The van der Waals surface area contributed by atoms with E-state index in [0.29, 0.717) is 6.54 Å². The highest BCUT2D eigenvalue weighted by molar-refractivity contribution is 5.05. The summed E-state index contributed by atoms with van der Waals surface area (Å²) in [6.45, 7) is 2.46. The van der Waals surface area contributed by atoms with Crippen LogP contribution in [-0.2, 0) is 6.54 Å². The summed E-state index contributed by atoms with van der Waals surface area (Å²) in [6.07, 6.45) is -2.28. The highest BCUT2D eigenvalue weighted by Gasteiger charge is 2.22. The van der Waals surface area contributed by atoms with Crippen molar-refractivity contribution in [3.8, 4) is 0 Å². The minimum absolute atomic E-state index is 0.178. The minimum Gasteiger partial charge on any atom is -0.381 e. The number of hydrogen-bond acceptors (Lipinski definition) is 2. The maximum atomic E-state index is 12.1. The van der Waals surface area contributed by atoms with E-state index in [-0.39, 0.29) is 5.69 Å². The van der Waals surface area contributed by atoms with Gasteiger partial charge in [0.2, 0.25) is 0 Å². The van der Waals surface area contributed by atoms with Gasteiger partial charge >= 0.3 is 0 Å². The Morgan fingerprint density at radius 3 is 2.85 bits per heavy atom. The van der Waals surface area contributed by atoms with E-state index in [1.807, 2.05) is 6.92 Å². The summed E-state index contributed by atoms with van der Waals surface area (Å²) < 4.78 is 25.6. The van der Waals surface area contributed by atoms with Crippen LogP contribution in [0.2, 0.25) is 0 Å². The molecule has 0 bridgehead atoms. The lowest BCUT2D eigenvalue weighted by atomic mass is 10.2. The van der Waals surface area contributed by atoms with Gasteiger partial charge in [0.1, 0.15) is 0 Å². The highest BCUT2D eigenvalue weighted by Crippen LogP contribution is 2.19. The quantitative estimate of drug-likeness (QED) is 0.782. The fraction of sp³-hybridized carbons (Fsp3) is 0.625. The van der Waals surface area contributed by atoms with Crippen LogP contribution in [0.4, 0.5) is 8.78 Å². The zero-order chi connectivity index (χ0) is 9.84. The Kier molecular flexibility index (Phi) is 3.36. The number of nitrogens with zero attached hydrogens (tertiary/aromatic N) is 2. The number of halogens is 2. The lowest BCUT2D eigenvalue weighted by molar-refractivity contribution is -0.0108. The molecule has 1 aromatic rings. The topological polar surface area (TPSA) is 38.0 Å². The summed E-state index contributed by atoms with van der Waals surface area (Å²) in [5.41, 5.74) is 0.178. The predicted octanol–water partition coefficient (Wildman–Crippen LogP) is 1.59. The Labute approximate surface area is 75.0 Å². The van der Waals surface area contributed by atoms with E-state index in [0.717, 1.165) is 6.42 Å². The van der Waals surface area contributed by atoms with Crippen molar-refractivity contribution in [2.45, 2.75) is 32.4 Å². The molecule has 0 radical (unpaired) electrons.